The molecule has 5 rings (SSSR count). The van der Waals surface area contributed by atoms with E-state index in [4.69, 9.17) is 0 Å². The summed E-state index contributed by atoms with van der Waals surface area (Å²) in [6.45, 7) is 4.75. The molecule has 0 aliphatic carbocycles. The van der Waals surface area contributed by atoms with Crippen molar-refractivity contribution in [2.45, 2.75) is 32.4 Å². The minimum Gasteiger partial charge on any atom is -0.348 e. The molecule has 1 atom stereocenters. The van der Waals surface area contributed by atoms with Gasteiger partial charge in [-0.3, -0.25) is 9.78 Å². The van der Waals surface area contributed by atoms with Crippen molar-refractivity contribution in [3.63, 3.8) is 0 Å². The first-order valence-electron chi connectivity index (χ1n) is 9.69. The molecule has 4 aromatic rings. The van der Waals surface area contributed by atoms with Gasteiger partial charge < -0.3 is 14.5 Å². The molecular weight excluding hydrogens is 366 g/mol. The van der Waals surface area contributed by atoms with Crippen molar-refractivity contribution in [2.75, 3.05) is 6.54 Å². The molecule has 1 unspecified atom stereocenters. The van der Waals surface area contributed by atoms with E-state index in [0.717, 1.165) is 34.5 Å². The second-order valence-corrected chi connectivity index (χ2v) is 7.52. The van der Waals surface area contributed by atoms with Crippen molar-refractivity contribution >= 4 is 17.1 Å². The van der Waals surface area contributed by atoms with Gasteiger partial charge in [0.1, 0.15) is 11.6 Å². The SMILES string of the molecule is CC(C)n1cnc2cc(C(=O)N3CCc4[nH]cnc4C3c3cccnc3)cnc21. The largest absolute Gasteiger partial charge is 0.348 e. The van der Waals surface area contributed by atoms with E-state index < -0.39 is 0 Å². The lowest BCUT2D eigenvalue weighted by Crippen LogP contribution is -2.40. The number of rotatable bonds is 3. The number of aromatic amines is 1. The molecule has 0 saturated heterocycles. The maximum atomic E-state index is 13.5. The van der Waals surface area contributed by atoms with E-state index in [2.05, 4.69) is 38.8 Å². The van der Waals surface area contributed by atoms with E-state index in [9.17, 15) is 4.79 Å². The summed E-state index contributed by atoms with van der Waals surface area (Å²) < 4.78 is 2.00. The fourth-order valence-electron chi connectivity index (χ4n) is 3.95. The number of carbonyl (C=O) groups excluding carboxylic acids is 1. The van der Waals surface area contributed by atoms with E-state index in [1.165, 1.54) is 0 Å². The molecule has 0 aromatic carbocycles. The van der Waals surface area contributed by atoms with Crippen molar-refractivity contribution in [3.8, 4) is 0 Å². The fraction of sp³-hybridized carbons (Fsp3) is 0.286. The Morgan fingerprint density at radius 3 is 2.93 bits per heavy atom. The van der Waals surface area contributed by atoms with Gasteiger partial charge in [-0.1, -0.05) is 6.07 Å². The molecule has 0 saturated carbocycles. The maximum Gasteiger partial charge on any atom is 0.256 e. The number of amides is 1. The highest BCUT2D eigenvalue weighted by molar-refractivity contribution is 5.97. The summed E-state index contributed by atoms with van der Waals surface area (Å²) in [6.07, 6.45) is 9.36. The average molecular weight is 387 g/mol. The number of nitrogens with one attached hydrogen (secondary N) is 1. The van der Waals surface area contributed by atoms with Crippen LogP contribution in [0.25, 0.3) is 11.2 Å². The number of fused-ring (bicyclic) bond motifs is 2. The molecule has 5 heterocycles. The zero-order chi connectivity index (χ0) is 20.0. The number of imidazole rings is 2. The van der Waals surface area contributed by atoms with Gasteiger partial charge in [0.05, 0.1) is 23.9 Å². The van der Waals surface area contributed by atoms with E-state index in [1.54, 1.807) is 31.2 Å². The summed E-state index contributed by atoms with van der Waals surface area (Å²) >= 11 is 0. The van der Waals surface area contributed by atoms with Gasteiger partial charge >= 0.3 is 0 Å². The standard InChI is InChI=1S/C21H21N7O/c1-13(2)28-12-26-17-8-15(10-23-20(17)28)21(29)27-7-5-16-18(25-11-24-16)19(27)14-4-3-6-22-9-14/h3-4,6,8-13,19H,5,7H2,1-2H3,(H,24,25). The lowest BCUT2D eigenvalue weighted by molar-refractivity contribution is 0.0690. The van der Waals surface area contributed by atoms with E-state index in [-0.39, 0.29) is 18.0 Å². The third kappa shape index (κ3) is 2.88. The van der Waals surface area contributed by atoms with Gasteiger partial charge in [0.25, 0.3) is 5.91 Å². The van der Waals surface area contributed by atoms with Crippen LogP contribution in [0.15, 0.2) is 49.4 Å². The average Bonchev–Trinajstić information content (AvgIpc) is 3.39. The molecule has 146 valence electrons. The molecule has 0 fully saturated rings. The topological polar surface area (TPSA) is 92.6 Å². The van der Waals surface area contributed by atoms with Crippen LogP contribution in [-0.2, 0) is 6.42 Å². The summed E-state index contributed by atoms with van der Waals surface area (Å²) in [4.78, 5) is 36.3. The Hall–Kier alpha value is -3.55. The number of nitrogens with zero attached hydrogens (tertiary/aromatic N) is 6. The normalized spacial score (nSPS) is 16.4. The molecule has 8 nitrogen and oxygen atoms in total. The summed E-state index contributed by atoms with van der Waals surface area (Å²) in [7, 11) is 0. The maximum absolute atomic E-state index is 13.5. The Labute approximate surface area is 167 Å². The summed E-state index contributed by atoms with van der Waals surface area (Å²) in [5, 5.41) is 0. The van der Waals surface area contributed by atoms with Crippen molar-refractivity contribution in [2.24, 2.45) is 0 Å². The van der Waals surface area contributed by atoms with Crippen LogP contribution in [0.5, 0.6) is 0 Å². The predicted molar refractivity (Wildman–Crippen MR) is 107 cm³/mol. The van der Waals surface area contributed by atoms with Gasteiger partial charge in [-0.05, 0) is 31.5 Å². The minimum absolute atomic E-state index is 0.0824. The van der Waals surface area contributed by atoms with Crippen LogP contribution in [0.4, 0.5) is 0 Å². The van der Waals surface area contributed by atoms with Crippen molar-refractivity contribution in [1.29, 1.82) is 0 Å². The Bertz CT molecular complexity index is 1180. The number of pyridine rings is 2. The van der Waals surface area contributed by atoms with Crippen molar-refractivity contribution in [1.82, 2.24) is 34.4 Å². The van der Waals surface area contributed by atoms with E-state index in [1.807, 2.05) is 27.7 Å². The first-order valence-corrected chi connectivity index (χ1v) is 9.69. The molecule has 4 aromatic heterocycles. The molecule has 1 amide bonds. The lowest BCUT2D eigenvalue weighted by Gasteiger charge is -2.35. The first-order chi connectivity index (χ1) is 14.1. The zero-order valence-corrected chi connectivity index (χ0v) is 16.3. The highest BCUT2D eigenvalue weighted by atomic mass is 16.2. The van der Waals surface area contributed by atoms with Crippen LogP contribution in [0.3, 0.4) is 0 Å². The number of H-pyrrole nitrogens is 1. The molecule has 1 aliphatic heterocycles. The molecule has 8 heteroatoms. The highest BCUT2D eigenvalue weighted by Crippen LogP contribution is 2.34. The van der Waals surface area contributed by atoms with Gasteiger partial charge in [0, 0.05) is 43.3 Å². The van der Waals surface area contributed by atoms with Gasteiger partial charge in [0.15, 0.2) is 5.65 Å². The third-order valence-corrected chi connectivity index (χ3v) is 5.40. The molecule has 29 heavy (non-hydrogen) atoms. The van der Waals surface area contributed by atoms with Crippen LogP contribution in [0.1, 0.15) is 53.2 Å². The Balaban J connectivity index is 1.55. The zero-order valence-electron chi connectivity index (χ0n) is 16.3. The fourth-order valence-corrected chi connectivity index (χ4v) is 3.95. The van der Waals surface area contributed by atoms with E-state index >= 15 is 0 Å². The Kier molecular flexibility index (Phi) is 4.12. The lowest BCUT2D eigenvalue weighted by atomic mass is 9.96. The van der Waals surface area contributed by atoms with Crippen LogP contribution in [0.2, 0.25) is 0 Å². The molecule has 0 spiro atoms. The van der Waals surface area contributed by atoms with Crippen LogP contribution in [-0.4, -0.2) is 46.8 Å². The molecule has 0 bridgehead atoms. The second kappa shape index (κ2) is 6.80. The summed E-state index contributed by atoms with van der Waals surface area (Å²) in [5.41, 5.74) is 4.91. The van der Waals surface area contributed by atoms with Crippen molar-refractivity contribution in [3.05, 3.63) is 72.0 Å². The third-order valence-electron chi connectivity index (χ3n) is 5.40. The number of aromatic nitrogens is 6. The molecule has 0 radical (unpaired) electrons. The van der Waals surface area contributed by atoms with E-state index in [0.29, 0.717) is 12.1 Å². The number of carbonyl (C=O) groups is 1. The summed E-state index contributed by atoms with van der Waals surface area (Å²) in [5.74, 6) is -0.0824. The van der Waals surface area contributed by atoms with Crippen LogP contribution >= 0.6 is 0 Å². The Morgan fingerprint density at radius 1 is 1.24 bits per heavy atom. The second-order valence-electron chi connectivity index (χ2n) is 7.52. The minimum atomic E-state index is -0.282. The highest BCUT2D eigenvalue weighted by Gasteiger charge is 2.35. The quantitative estimate of drug-likeness (QED) is 0.583. The van der Waals surface area contributed by atoms with Gasteiger partial charge in [-0.2, -0.15) is 0 Å². The number of hydrogen-bond acceptors (Lipinski definition) is 5. The Morgan fingerprint density at radius 2 is 2.14 bits per heavy atom. The van der Waals surface area contributed by atoms with Gasteiger partial charge in [0.2, 0.25) is 0 Å². The van der Waals surface area contributed by atoms with Gasteiger partial charge in [-0.25, -0.2) is 15.0 Å². The smallest absolute Gasteiger partial charge is 0.256 e. The van der Waals surface area contributed by atoms with Crippen LogP contribution < -0.4 is 0 Å². The molecular formula is C21H21N7O. The first kappa shape index (κ1) is 17.5. The molecule has 1 N–H and O–H groups in total. The summed E-state index contributed by atoms with van der Waals surface area (Å²) in [6, 6.07) is 5.65. The number of hydrogen-bond donors (Lipinski definition) is 1. The van der Waals surface area contributed by atoms with Crippen LogP contribution in [0, 0.1) is 0 Å². The predicted octanol–water partition coefficient (Wildman–Crippen LogP) is 2.92. The van der Waals surface area contributed by atoms with Gasteiger partial charge in [-0.15, -0.1) is 0 Å². The van der Waals surface area contributed by atoms with Crippen molar-refractivity contribution < 1.29 is 4.79 Å². The monoisotopic (exact) mass is 387 g/mol. The molecule has 1 aliphatic rings.